The molecular weight excluding hydrogens is 294 g/mol. The highest BCUT2D eigenvalue weighted by Gasteiger charge is 2.32. The number of fused-ring (bicyclic) bond motifs is 1. The Labute approximate surface area is 135 Å². The minimum atomic E-state index is -0.499. The van der Waals surface area contributed by atoms with Crippen LogP contribution < -0.4 is 11.1 Å². The number of carbonyl (C=O) groups excluding carboxylic acids is 2. The van der Waals surface area contributed by atoms with Crippen LogP contribution in [0.25, 0.3) is 0 Å². The van der Waals surface area contributed by atoms with E-state index < -0.39 is 11.9 Å². The van der Waals surface area contributed by atoms with Gasteiger partial charge < -0.3 is 16.0 Å². The highest BCUT2D eigenvalue weighted by Crippen LogP contribution is 2.21. The molecule has 1 saturated heterocycles. The van der Waals surface area contributed by atoms with E-state index in [9.17, 15) is 9.59 Å². The maximum Gasteiger partial charge on any atom is 0.318 e. The predicted octanol–water partition coefficient (Wildman–Crippen LogP) is 0.823. The molecule has 3 N–H and O–H groups in total. The summed E-state index contributed by atoms with van der Waals surface area (Å²) in [7, 11) is 0. The van der Waals surface area contributed by atoms with Crippen LogP contribution in [0.15, 0.2) is 0 Å². The summed E-state index contributed by atoms with van der Waals surface area (Å²) in [6, 6.07) is -0.772. The van der Waals surface area contributed by atoms with Crippen LogP contribution in [0, 0.1) is 6.92 Å². The topological polar surface area (TPSA) is 101 Å². The Kier molecular flexibility index (Phi) is 4.45. The standard InChI is InChI=1S/C16H23N5O2/c1-10-11-5-2-3-6-12(11)20-14(19-10)9-18-16(23)21-8-4-7-13(21)15(17)22/h13H,2-9H2,1H3,(H2,17,22)(H,18,23)/t13-/m1/s1. The molecule has 1 aromatic heterocycles. The zero-order valence-electron chi connectivity index (χ0n) is 13.5. The molecule has 1 atom stereocenters. The molecule has 3 rings (SSSR count). The number of hydrogen-bond donors (Lipinski definition) is 2. The summed E-state index contributed by atoms with van der Waals surface area (Å²) in [6.45, 7) is 2.83. The van der Waals surface area contributed by atoms with Crippen LogP contribution in [0.2, 0.25) is 0 Å². The number of hydrogen-bond acceptors (Lipinski definition) is 4. The van der Waals surface area contributed by atoms with Gasteiger partial charge >= 0.3 is 6.03 Å². The maximum absolute atomic E-state index is 12.3. The molecule has 0 saturated carbocycles. The number of primary amides is 1. The van der Waals surface area contributed by atoms with E-state index in [1.165, 1.54) is 16.9 Å². The molecule has 0 radical (unpaired) electrons. The first kappa shape index (κ1) is 15.7. The highest BCUT2D eigenvalue weighted by molar-refractivity contribution is 5.86. The number of nitrogens with one attached hydrogen (secondary N) is 1. The molecule has 0 unspecified atom stereocenters. The second kappa shape index (κ2) is 6.52. The molecule has 124 valence electrons. The van der Waals surface area contributed by atoms with Crippen LogP contribution >= 0.6 is 0 Å². The molecule has 23 heavy (non-hydrogen) atoms. The number of rotatable bonds is 3. The Balaban J connectivity index is 1.65. The van der Waals surface area contributed by atoms with Gasteiger partial charge in [-0.25, -0.2) is 14.8 Å². The van der Waals surface area contributed by atoms with Crippen molar-refractivity contribution in [1.82, 2.24) is 20.2 Å². The summed E-state index contributed by atoms with van der Waals surface area (Å²) in [4.78, 5) is 34.2. The van der Waals surface area contributed by atoms with Crippen LogP contribution in [0.1, 0.15) is 48.5 Å². The van der Waals surface area contributed by atoms with Crippen molar-refractivity contribution in [1.29, 1.82) is 0 Å². The average molecular weight is 317 g/mol. The van der Waals surface area contributed by atoms with Gasteiger partial charge in [0.2, 0.25) is 5.91 Å². The second-order valence-electron chi connectivity index (χ2n) is 6.27. The fraction of sp³-hybridized carbons (Fsp3) is 0.625. The van der Waals surface area contributed by atoms with Gasteiger partial charge in [0.05, 0.1) is 6.54 Å². The summed E-state index contributed by atoms with van der Waals surface area (Å²) >= 11 is 0. The van der Waals surface area contributed by atoms with Crippen LogP contribution in [0.4, 0.5) is 4.79 Å². The lowest BCUT2D eigenvalue weighted by atomic mass is 9.95. The first-order chi connectivity index (χ1) is 11.1. The third kappa shape index (κ3) is 3.28. The number of urea groups is 1. The zero-order chi connectivity index (χ0) is 16.4. The van der Waals surface area contributed by atoms with Gasteiger partial charge in [-0.05, 0) is 51.0 Å². The van der Waals surface area contributed by atoms with Crippen LogP contribution in [-0.2, 0) is 24.2 Å². The lowest BCUT2D eigenvalue weighted by Crippen LogP contribution is -2.48. The summed E-state index contributed by atoms with van der Waals surface area (Å²) in [6.07, 6.45) is 5.81. The molecule has 2 aliphatic rings. The van der Waals surface area contributed by atoms with Crippen molar-refractivity contribution in [3.63, 3.8) is 0 Å². The van der Waals surface area contributed by atoms with Crippen molar-refractivity contribution in [2.75, 3.05) is 6.54 Å². The van der Waals surface area contributed by atoms with E-state index in [0.29, 0.717) is 18.8 Å². The molecule has 7 heteroatoms. The summed E-state index contributed by atoms with van der Waals surface area (Å²) < 4.78 is 0. The predicted molar refractivity (Wildman–Crippen MR) is 84.6 cm³/mol. The first-order valence-corrected chi connectivity index (χ1v) is 8.25. The van der Waals surface area contributed by atoms with Crippen molar-refractivity contribution in [3.05, 3.63) is 22.8 Å². The smallest absolute Gasteiger partial charge is 0.318 e. The van der Waals surface area contributed by atoms with E-state index in [-0.39, 0.29) is 12.6 Å². The van der Waals surface area contributed by atoms with Crippen molar-refractivity contribution in [3.8, 4) is 0 Å². The largest absolute Gasteiger partial charge is 0.368 e. The normalized spacial score (nSPS) is 20.2. The Hall–Kier alpha value is -2.18. The second-order valence-corrected chi connectivity index (χ2v) is 6.27. The third-order valence-corrected chi connectivity index (χ3v) is 4.68. The number of amides is 3. The molecule has 1 aliphatic heterocycles. The molecular formula is C16H23N5O2. The van der Waals surface area contributed by atoms with Crippen molar-refractivity contribution in [2.45, 2.75) is 58.0 Å². The van der Waals surface area contributed by atoms with Gasteiger partial charge in [0.15, 0.2) is 0 Å². The SMILES string of the molecule is Cc1nc(CNC(=O)N2CCC[C@@H]2C(N)=O)nc2c1CCCC2. The summed E-state index contributed by atoms with van der Waals surface area (Å²) in [5.74, 6) is 0.185. The highest BCUT2D eigenvalue weighted by atomic mass is 16.2. The maximum atomic E-state index is 12.3. The Morgan fingerprint density at radius 2 is 2.04 bits per heavy atom. The Morgan fingerprint density at radius 3 is 2.83 bits per heavy atom. The quantitative estimate of drug-likeness (QED) is 0.862. The molecule has 0 spiro atoms. The van der Waals surface area contributed by atoms with Crippen LogP contribution in [-0.4, -0.2) is 39.4 Å². The Bertz CT molecular complexity index is 631. The Morgan fingerprint density at radius 1 is 1.26 bits per heavy atom. The molecule has 7 nitrogen and oxygen atoms in total. The molecule has 1 fully saturated rings. The molecule has 2 heterocycles. The number of aromatic nitrogens is 2. The number of likely N-dealkylation sites (tertiary alicyclic amines) is 1. The van der Waals surface area contributed by atoms with Crippen LogP contribution in [0.3, 0.4) is 0 Å². The monoisotopic (exact) mass is 317 g/mol. The van der Waals surface area contributed by atoms with Gasteiger partial charge in [0.1, 0.15) is 11.9 Å². The van der Waals surface area contributed by atoms with Gasteiger partial charge in [-0.15, -0.1) is 0 Å². The fourth-order valence-electron chi connectivity index (χ4n) is 3.49. The molecule has 1 aliphatic carbocycles. The van der Waals surface area contributed by atoms with E-state index in [1.807, 2.05) is 6.92 Å². The fourth-order valence-corrected chi connectivity index (χ4v) is 3.49. The zero-order valence-corrected chi connectivity index (χ0v) is 13.5. The number of nitrogens with two attached hydrogens (primary N) is 1. The van der Waals surface area contributed by atoms with E-state index in [1.54, 1.807) is 0 Å². The molecule has 0 bridgehead atoms. The lowest BCUT2D eigenvalue weighted by Gasteiger charge is -2.22. The molecule has 0 aromatic carbocycles. The average Bonchev–Trinajstić information content (AvgIpc) is 3.02. The van der Waals surface area contributed by atoms with Gasteiger partial charge in [0.25, 0.3) is 0 Å². The van der Waals surface area contributed by atoms with Gasteiger partial charge in [0, 0.05) is 17.9 Å². The van der Waals surface area contributed by atoms with Gasteiger partial charge in [-0.2, -0.15) is 0 Å². The lowest BCUT2D eigenvalue weighted by molar-refractivity contribution is -0.121. The summed E-state index contributed by atoms with van der Waals surface area (Å²) in [5, 5.41) is 2.81. The van der Waals surface area contributed by atoms with E-state index in [2.05, 4.69) is 15.3 Å². The van der Waals surface area contributed by atoms with Crippen LogP contribution in [0.5, 0.6) is 0 Å². The van der Waals surface area contributed by atoms with Crippen molar-refractivity contribution >= 4 is 11.9 Å². The van der Waals surface area contributed by atoms with E-state index in [0.717, 1.165) is 37.1 Å². The van der Waals surface area contributed by atoms with Gasteiger partial charge in [-0.3, -0.25) is 4.79 Å². The molecule has 1 aromatic rings. The minimum absolute atomic E-state index is 0.273. The van der Waals surface area contributed by atoms with Gasteiger partial charge in [-0.1, -0.05) is 0 Å². The third-order valence-electron chi connectivity index (χ3n) is 4.68. The van der Waals surface area contributed by atoms with Crippen molar-refractivity contribution < 1.29 is 9.59 Å². The number of nitrogens with zero attached hydrogens (tertiary/aromatic N) is 3. The summed E-state index contributed by atoms with van der Waals surface area (Å²) in [5.41, 5.74) is 8.73. The number of carbonyl (C=O) groups is 2. The molecule has 3 amide bonds. The van der Waals surface area contributed by atoms with Crippen molar-refractivity contribution in [2.24, 2.45) is 5.73 Å². The van der Waals surface area contributed by atoms with E-state index in [4.69, 9.17) is 5.73 Å². The first-order valence-electron chi connectivity index (χ1n) is 8.25. The number of aryl methyl sites for hydroxylation is 2. The van der Waals surface area contributed by atoms with E-state index >= 15 is 0 Å². The minimum Gasteiger partial charge on any atom is -0.368 e.